The van der Waals surface area contributed by atoms with Crippen LogP contribution in [0.4, 0.5) is 5.69 Å². The fourth-order valence-corrected chi connectivity index (χ4v) is 2.03. The van der Waals surface area contributed by atoms with Crippen LogP contribution in [0, 0.1) is 24.0 Å². The molecule has 0 spiro atoms. The van der Waals surface area contributed by atoms with Crippen molar-refractivity contribution in [2.75, 3.05) is 13.2 Å². The second-order valence-corrected chi connectivity index (χ2v) is 5.04. The van der Waals surface area contributed by atoms with Crippen LogP contribution in [0.5, 0.6) is 11.5 Å². The Bertz CT molecular complexity index is 655. The predicted molar refractivity (Wildman–Crippen MR) is 84.6 cm³/mol. The summed E-state index contributed by atoms with van der Waals surface area (Å²) in [5, 5.41) is 10.9. The van der Waals surface area contributed by atoms with Crippen LogP contribution in [0.2, 0.25) is 0 Å². The minimum atomic E-state index is -0.432. The van der Waals surface area contributed by atoms with Gasteiger partial charge >= 0.3 is 5.69 Å². The molecule has 0 aromatic heterocycles. The van der Waals surface area contributed by atoms with Gasteiger partial charge in [0, 0.05) is 12.5 Å². The van der Waals surface area contributed by atoms with Gasteiger partial charge in [-0.2, -0.15) is 0 Å². The molecule has 2 aromatic rings. The van der Waals surface area contributed by atoms with Crippen molar-refractivity contribution < 1.29 is 14.4 Å². The Kier molecular flexibility index (Phi) is 5.36. The summed E-state index contributed by atoms with van der Waals surface area (Å²) >= 11 is 0. The third kappa shape index (κ3) is 4.22. The van der Waals surface area contributed by atoms with Gasteiger partial charge in [-0.1, -0.05) is 24.3 Å². The Morgan fingerprint density at radius 2 is 1.68 bits per heavy atom. The van der Waals surface area contributed by atoms with Crippen molar-refractivity contribution in [2.24, 2.45) is 0 Å². The van der Waals surface area contributed by atoms with E-state index in [4.69, 9.17) is 9.47 Å². The quantitative estimate of drug-likeness (QED) is 0.439. The summed E-state index contributed by atoms with van der Waals surface area (Å²) in [5.74, 6) is 1.16. The fourth-order valence-electron chi connectivity index (χ4n) is 2.03. The van der Waals surface area contributed by atoms with Gasteiger partial charge in [0.2, 0.25) is 0 Å². The van der Waals surface area contributed by atoms with Crippen LogP contribution in [0.15, 0.2) is 42.5 Å². The first-order chi connectivity index (χ1) is 10.6. The molecule has 5 heteroatoms. The Labute approximate surface area is 129 Å². The highest BCUT2D eigenvalue weighted by atomic mass is 16.6. The molecule has 0 amide bonds. The molecule has 0 unspecified atom stereocenters. The van der Waals surface area contributed by atoms with Gasteiger partial charge in [0.25, 0.3) is 0 Å². The van der Waals surface area contributed by atoms with Crippen molar-refractivity contribution >= 4 is 5.69 Å². The van der Waals surface area contributed by atoms with E-state index in [9.17, 15) is 10.1 Å². The summed E-state index contributed by atoms with van der Waals surface area (Å²) in [6, 6.07) is 12.6. The molecule has 0 bridgehead atoms. The lowest BCUT2D eigenvalue weighted by Crippen LogP contribution is -2.06. The number of hydrogen-bond acceptors (Lipinski definition) is 4. The van der Waals surface area contributed by atoms with Crippen molar-refractivity contribution in [3.63, 3.8) is 0 Å². The molecule has 0 aliphatic rings. The topological polar surface area (TPSA) is 61.6 Å². The lowest BCUT2D eigenvalue weighted by molar-refractivity contribution is -0.385. The van der Waals surface area contributed by atoms with Crippen LogP contribution in [0.1, 0.15) is 17.5 Å². The van der Waals surface area contributed by atoms with E-state index < -0.39 is 4.92 Å². The van der Waals surface area contributed by atoms with Gasteiger partial charge in [0.05, 0.1) is 18.1 Å². The number of nitrogens with zero attached hydrogens (tertiary/aromatic N) is 1. The van der Waals surface area contributed by atoms with E-state index in [1.165, 1.54) is 6.07 Å². The van der Waals surface area contributed by atoms with E-state index in [2.05, 4.69) is 0 Å². The number of hydrogen-bond donors (Lipinski definition) is 0. The van der Waals surface area contributed by atoms with Gasteiger partial charge in [0.1, 0.15) is 5.75 Å². The zero-order chi connectivity index (χ0) is 15.9. The highest BCUT2D eigenvalue weighted by molar-refractivity contribution is 5.48. The number of nitro benzene ring substituents is 1. The number of para-hydroxylation sites is 1. The van der Waals surface area contributed by atoms with Gasteiger partial charge in [-0.25, -0.2) is 0 Å². The maximum absolute atomic E-state index is 10.9. The molecule has 116 valence electrons. The molecule has 0 aliphatic carbocycles. The average molecular weight is 301 g/mol. The fraction of sp³-hybridized carbons (Fsp3) is 0.294. The van der Waals surface area contributed by atoms with Crippen molar-refractivity contribution in [1.29, 1.82) is 0 Å². The SMILES string of the molecule is Cc1ccc([N+](=O)[O-])c(OCCCOc2ccccc2C)c1. The normalized spacial score (nSPS) is 10.3. The highest BCUT2D eigenvalue weighted by Gasteiger charge is 2.14. The Hall–Kier alpha value is -2.56. The predicted octanol–water partition coefficient (Wildman–Crippen LogP) is 4.06. The van der Waals surface area contributed by atoms with Crippen molar-refractivity contribution in [3.8, 4) is 11.5 Å². The van der Waals surface area contributed by atoms with E-state index in [0.717, 1.165) is 16.9 Å². The Morgan fingerprint density at radius 1 is 1.00 bits per heavy atom. The summed E-state index contributed by atoms with van der Waals surface area (Å²) in [6.07, 6.45) is 0.652. The summed E-state index contributed by atoms with van der Waals surface area (Å²) in [5.41, 5.74) is 2.00. The molecule has 0 aliphatic heterocycles. The number of benzene rings is 2. The number of nitro groups is 1. The lowest BCUT2D eigenvalue weighted by atomic mass is 10.2. The molecular weight excluding hydrogens is 282 g/mol. The maximum atomic E-state index is 10.9. The molecule has 2 rings (SSSR count). The van der Waals surface area contributed by atoms with Crippen LogP contribution in [0.25, 0.3) is 0 Å². The number of aryl methyl sites for hydroxylation is 2. The zero-order valence-electron chi connectivity index (χ0n) is 12.7. The summed E-state index contributed by atoms with van der Waals surface area (Å²) in [6.45, 7) is 4.74. The molecule has 0 heterocycles. The minimum Gasteiger partial charge on any atom is -0.493 e. The van der Waals surface area contributed by atoms with E-state index in [1.54, 1.807) is 12.1 Å². The maximum Gasteiger partial charge on any atom is 0.310 e. The Morgan fingerprint density at radius 3 is 2.36 bits per heavy atom. The Balaban J connectivity index is 1.83. The van der Waals surface area contributed by atoms with Gasteiger partial charge in [-0.05, 0) is 37.1 Å². The first-order valence-corrected chi connectivity index (χ1v) is 7.14. The summed E-state index contributed by atoms with van der Waals surface area (Å²) in [4.78, 5) is 10.5. The van der Waals surface area contributed by atoms with Crippen molar-refractivity contribution in [3.05, 3.63) is 63.7 Å². The average Bonchev–Trinajstić information content (AvgIpc) is 2.48. The standard InChI is InChI=1S/C17H19NO4/c1-13-8-9-15(18(19)20)17(12-13)22-11-5-10-21-16-7-4-3-6-14(16)2/h3-4,6-9,12H,5,10-11H2,1-2H3. The number of rotatable bonds is 7. The van der Waals surface area contributed by atoms with Crippen LogP contribution >= 0.6 is 0 Å². The van der Waals surface area contributed by atoms with Crippen molar-refractivity contribution in [2.45, 2.75) is 20.3 Å². The molecule has 0 radical (unpaired) electrons. The first kappa shape index (κ1) is 15.8. The summed E-state index contributed by atoms with van der Waals surface area (Å²) in [7, 11) is 0. The third-order valence-corrected chi connectivity index (χ3v) is 3.21. The zero-order valence-corrected chi connectivity index (χ0v) is 12.7. The van der Waals surface area contributed by atoms with E-state index in [1.807, 2.05) is 38.1 Å². The number of ether oxygens (including phenoxy) is 2. The molecule has 0 atom stereocenters. The van der Waals surface area contributed by atoms with Gasteiger partial charge in [-0.15, -0.1) is 0 Å². The van der Waals surface area contributed by atoms with E-state index >= 15 is 0 Å². The van der Waals surface area contributed by atoms with Crippen LogP contribution in [-0.2, 0) is 0 Å². The van der Waals surface area contributed by atoms with Crippen LogP contribution < -0.4 is 9.47 Å². The molecule has 0 N–H and O–H groups in total. The molecule has 0 saturated heterocycles. The largest absolute Gasteiger partial charge is 0.493 e. The van der Waals surface area contributed by atoms with Gasteiger partial charge in [-0.3, -0.25) is 10.1 Å². The monoisotopic (exact) mass is 301 g/mol. The smallest absolute Gasteiger partial charge is 0.310 e. The second-order valence-electron chi connectivity index (χ2n) is 5.04. The molecule has 22 heavy (non-hydrogen) atoms. The van der Waals surface area contributed by atoms with Gasteiger partial charge in [0.15, 0.2) is 5.75 Å². The van der Waals surface area contributed by atoms with E-state index in [0.29, 0.717) is 25.4 Å². The van der Waals surface area contributed by atoms with Crippen LogP contribution in [-0.4, -0.2) is 18.1 Å². The molecular formula is C17H19NO4. The van der Waals surface area contributed by atoms with Crippen molar-refractivity contribution in [1.82, 2.24) is 0 Å². The van der Waals surface area contributed by atoms with E-state index in [-0.39, 0.29) is 5.69 Å². The third-order valence-electron chi connectivity index (χ3n) is 3.21. The second kappa shape index (κ2) is 7.45. The van der Waals surface area contributed by atoms with Gasteiger partial charge < -0.3 is 9.47 Å². The molecule has 0 fully saturated rings. The van der Waals surface area contributed by atoms with Crippen LogP contribution in [0.3, 0.4) is 0 Å². The molecule has 2 aromatic carbocycles. The first-order valence-electron chi connectivity index (χ1n) is 7.14. The lowest BCUT2D eigenvalue weighted by Gasteiger charge is -2.10. The summed E-state index contributed by atoms with van der Waals surface area (Å²) < 4.78 is 11.2. The highest BCUT2D eigenvalue weighted by Crippen LogP contribution is 2.27. The molecule has 5 nitrogen and oxygen atoms in total. The molecule has 0 saturated carbocycles. The minimum absolute atomic E-state index is 0.00887.